The van der Waals surface area contributed by atoms with Crippen molar-refractivity contribution in [1.29, 1.82) is 5.26 Å². The second-order valence-electron chi connectivity index (χ2n) is 5.25. The fraction of sp³-hybridized carbons (Fsp3) is 0.917. The SMILES string of the molecule is [2H]C([2H])(C#N)C1(C)CC1.[2H]C([2H])(OS(C)(=O)=O)C1(C)CC1. The van der Waals surface area contributed by atoms with Gasteiger partial charge in [0.15, 0.2) is 0 Å². The summed E-state index contributed by atoms with van der Waals surface area (Å²) in [6.45, 7) is 1.44. The van der Waals surface area contributed by atoms with Gasteiger partial charge in [0.25, 0.3) is 10.1 Å². The van der Waals surface area contributed by atoms with Crippen molar-refractivity contribution >= 4 is 10.1 Å². The minimum atomic E-state index is -3.70. The maximum atomic E-state index is 10.7. The van der Waals surface area contributed by atoms with Gasteiger partial charge in [-0.2, -0.15) is 13.7 Å². The molecule has 2 aliphatic rings. The summed E-state index contributed by atoms with van der Waals surface area (Å²) < 4.78 is 54.8. The second-order valence-corrected chi connectivity index (χ2v) is 6.82. The molecule has 0 aliphatic heterocycles. The van der Waals surface area contributed by atoms with E-state index in [1.807, 2.05) is 6.92 Å². The number of hydrogen-bond acceptors (Lipinski definition) is 4. The smallest absolute Gasteiger partial charge is 0.264 e. The lowest BCUT2D eigenvalue weighted by molar-refractivity contribution is 0.255. The highest BCUT2D eigenvalue weighted by Gasteiger charge is 2.38. The summed E-state index contributed by atoms with van der Waals surface area (Å²) in [5.74, 6) is 0. The van der Waals surface area contributed by atoms with Gasteiger partial charge in [-0.25, -0.2) is 0 Å². The lowest BCUT2D eigenvalue weighted by Crippen LogP contribution is -2.11. The summed E-state index contributed by atoms with van der Waals surface area (Å²) in [4.78, 5) is 0. The van der Waals surface area contributed by atoms with E-state index in [-0.39, 0.29) is 5.41 Å². The highest BCUT2D eigenvalue weighted by molar-refractivity contribution is 7.85. The van der Waals surface area contributed by atoms with Crippen molar-refractivity contribution in [1.82, 2.24) is 0 Å². The Morgan fingerprint density at radius 1 is 1.29 bits per heavy atom. The topological polar surface area (TPSA) is 67.2 Å². The van der Waals surface area contributed by atoms with Gasteiger partial charge in [-0.05, 0) is 36.5 Å². The first-order valence-electron chi connectivity index (χ1n) is 7.50. The highest BCUT2D eigenvalue weighted by Crippen LogP contribution is 2.47. The Morgan fingerprint density at radius 2 is 1.76 bits per heavy atom. The molecule has 0 bridgehead atoms. The number of hydrogen-bond donors (Lipinski definition) is 0. The third kappa shape index (κ3) is 6.64. The predicted octanol–water partition coefficient (Wildman–Crippen LogP) is 2.46. The van der Waals surface area contributed by atoms with Gasteiger partial charge >= 0.3 is 0 Å². The molecule has 0 N–H and O–H groups in total. The molecule has 5 heteroatoms. The van der Waals surface area contributed by atoms with Crippen molar-refractivity contribution in [3.05, 3.63) is 0 Å². The molecule has 0 spiro atoms. The van der Waals surface area contributed by atoms with Crippen LogP contribution in [-0.2, 0) is 14.3 Å². The molecule has 2 rings (SSSR count). The summed E-state index contributed by atoms with van der Waals surface area (Å²) in [6.07, 6.45) is 2.32. The van der Waals surface area contributed by atoms with E-state index in [1.54, 1.807) is 13.0 Å². The molecule has 0 aromatic rings. The second kappa shape index (κ2) is 4.95. The molecule has 0 aromatic carbocycles. The summed E-state index contributed by atoms with van der Waals surface area (Å²) >= 11 is 0. The summed E-state index contributed by atoms with van der Waals surface area (Å²) in [6, 6.07) is 1.68. The lowest BCUT2D eigenvalue weighted by Gasteiger charge is -2.05. The van der Waals surface area contributed by atoms with E-state index in [1.165, 1.54) is 0 Å². The van der Waals surface area contributed by atoms with Crippen LogP contribution in [0.15, 0.2) is 0 Å². The van der Waals surface area contributed by atoms with Crippen molar-refractivity contribution in [2.24, 2.45) is 10.8 Å². The first-order valence-corrected chi connectivity index (χ1v) is 7.32. The molecule has 98 valence electrons. The first kappa shape index (κ1) is 9.35. The van der Waals surface area contributed by atoms with Gasteiger partial charge < -0.3 is 0 Å². The Kier molecular flexibility index (Phi) is 2.72. The third-order valence-corrected chi connectivity index (χ3v) is 3.18. The Hall–Kier alpha value is -0.600. The van der Waals surface area contributed by atoms with Gasteiger partial charge in [0.1, 0.15) is 0 Å². The van der Waals surface area contributed by atoms with Gasteiger partial charge in [-0.1, -0.05) is 13.8 Å². The molecule has 0 amide bonds. The van der Waals surface area contributed by atoms with Crippen molar-refractivity contribution in [3.63, 3.8) is 0 Å². The predicted molar refractivity (Wildman–Crippen MR) is 65.7 cm³/mol. The van der Waals surface area contributed by atoms with Gasteiger partial charge in [0.05, 0.1) is 21.6 Å². The van der Waals surface area contributed by atoms with E-state index < -0.39 is 28.5 Å². The average Bonchev–Trinajstić information content (AvgIpc) is 3.16. The first-order chi connectivity index (χ1) is 9.18. The monoisotopic (exact) mass is 263 g/mol. The van der Waals surface area contributed by atoms with Gasteiger partial charge in [0, 0.05) is 9.11 Å². The molecule has 17 heavy (non-hydrogen) atoms. The zero-order valence-corrected chi connectivity index (χ0v) is 11.2. The molecule has 4 nitrogen and oxygen atoms in total. The fourth-order valence-electron chi connectivity index (χ4n) is 0.913. The van der Waals surface area contributed by atoms with Crippen LogP contribution >= 0.6 is 0 Å². The summed E-state index contributed by atoms with van der Waals surface area (Å²) in [5.41, 5.74) is -0.947. The zero-order chi connectivity index (χ0) is 16.7. The molecule has 0 atom stereocenters. The molecule has 0 radical (unpaired) electrons. The van der Waals surface area contributed by atoms with E-state index in [9.17, 15) is 8.42 Å². The van der Waals surface area contributed by atoms with Gasteiger partial charge in [0.2, 0.25) is 0 Å². The Labute approximate surface area is 110 Å². The fourth-order valence-corrected chi connectivity index (χ4v) is 1.27. The molecule has 0 aromatic heterocycles. The Bertz CT molecular complexity index is 545. The molecule has 2 fully saturated rings. The van der Waals surface area contributed by atoms with Crippen LogP contribution in [-0.4, -0.2) is 21.2 Å². The van der Waals surface area contributed by atoms with Crippen molar-refractivity contribution in [2.45, 2.75) is 45.9 Å². The normalized spacial score (nSPS) is 28.1. The average molecular weight is 263 g/mol. The van der Waals surface area contributed by atoms with Crippen LogP contribution in [0.25, 0.3) is 0 Å². The van der Waals surface area contributed by atoms with E-state index in [2.05, 4.69) is 4.18 Å². The molecule has 0 unspecified atom stereocenters. The minimum absolute atomic E-state index is 0.332. The third-order valence-electron chi connectivity index (χ3n) is 2.80. The largest absolute Gasteiger partial charge is 0.270 e. The number of nitriles is 1. The highest BCUT2D eigenvalue weighted by atomic mass is 32.2. The number of rotatable bonds is 4. The minimum Gasteiger partial charge on any atom is -0.270 e. The van der Waals surface area contributed by atoms with E-state index in [0.717, 1.165) is 19.1 Å². The van der Waals surface area contributed by atoms with Gasteiger partial charge in [-0.15, -0.1) is 0 Å². The summed E-state index contributed by atoms with van der Waals surface area (Å²) in [5, 5.41) is 8.34. The maximum Gasteiger partial charge on any atom is 0.264 e. The Balaban J connectivity index is 0.000000219. The summed E-state index contributed by atoms with van der Waals surface area (Å²) in [7, 11) is -3.70. The Morgan fingerprint density at radius 3 is 2.00 bits per heavy atom. The van der Waals surface area contributed by atoms with Gasteiger partial charge in [-0.3, -0.25) is 4.18 Å². The molecule has 0 heterocycles. The van der Waals surface area contributed by atoms with E-state index >= 15 is 0 Å². The van der Waals surface area contributed by atoms with Crippen molar-refractivity contribution < 1.29 is 18.1 Å². The van der Waals surface area contributed by atoms with Crippen LogP contribution < -0.4 is 0 Å². The molecular weight excluding hydrogens is 238 g/mol. The van der Waals surface area contributed by atoms with Crippen LogP contribution in [0.3, 0.4) is 0 Å². The van der Waals surface area contributed by atoms with Crippen LogP contribution in [0.4, 0.5) is 0 Å². The standard InChI is InChI=1S/C6H9N.C6H12O3S/c1-6(2-3-6)4-5-7;1-6(3-4-6)5-9-10(2,7)8/h2-4H2,1H3;3-5H2,1-2H3/i4D2;5D2. The molecular formula is C12H21NO3S. The molecule has 2 aliphatic carbocycles. The van der Waals surface area contributed by atoms with Crippen LogP contribution in [0.1, 0.15) is 51.4 Å². The lowest BCUT2D eigenvalue weighted by atomic mass is 10.1. The van der Waals surface area contributed by atoms with E-state index in [0.29, 0.717) is 12.8 Å². The maximum absolute atomic E-state index is 10.7. The molecule has 0 saturated heterocycles. The van der Waals surface area contributed by atoms with Crippen LogP contribution in [0.2, 0.25) is 0 Å². The van der Waals surface area contributed by atoms with Crippen molar-refractivity contribution in [2.75, 3.05) is 12.8 Å². The molecule has 2 saturated carbocycles. The quantitative estimate of drug-likeness (QED) is 0.731. The van der Waals surface area contributed by atoms with Crippen molar-refractivity contribution in [3.8, 4) is 6.07 Å². The van der Waals surface area contributed by atoms with E-state index in [4.69, 9.17) is 10.7 Å². The zero-order valence-electron chi connectivity index (χ0n) is 14.4. The van der Waals surface area contributed by atoms with Crippen LogP contribution in [0, 0.1) is 22.2 Å². The number of nitrogens with zero attached hydrogens (tertiary/aromatic N) is 1. The van der Waals surface area contributed by atoms with Crippen LogP contribution in [0.5, 0.6) is 0 Å².